The summed E-state index contributed by atoms with van der Waals surface area (Å²) in [7, 11) is 0. The molecule has 7 heteroatoms. The highest BCUT2D eigenvalue weighted by Gasteiger charge is 2.37. The topological polar surface area (TPSA) is 122 Å². The van der Waals surface area contributed by atoms with Gasteiger partial charge in [0.2, 0.25) is 5.91 Å². The molecule has 1 aromatic carbocycles. The van der Waals surface area contributed by atoms with Crippen LogP contribution in [-0.2, 0) is 4.79 Å². The maximum Gasteiger partial charge on any atom is 0.220 e. The molecule has 0 fully saturated rings. The molecule has 6 atom stereocenters. The summed E-state index contributed by atoms with van der Waals surface area (Å²) < 4.78 is 0. The van der Waals surface area contributed by atoms with Crippen LogP contribution in [0.15, 0.2) is 42.0 Å². The lowest BCUT2D eigenvalue weighted by molar-refractivity contribution is -0.122. The van der Waals surface area contributed by atoms with Gasteiger partial charge in [-0.05, 0) is 24.0 Å². The van der Waals surface area contributed by atoms with Crippen molar-refractivity contribution in [2.45, 2.75) is 108 Å². The van der Waals surface area contributed by atoms with Gasteiger partial charge < -0.3 is 31.1 Å². The Morgan fingerprint density at radius 2 is 1.59 bits per heavy atom. The molecule has 0 saturated carbocycles. The molecule has 0 bridgehead atoms. The number of hydrogen-bond donors (Lipinski definition) is 6. The summed E-state index contributed by atoms with van der Waals surface area (Å²) in [6.45, 7) is 4.26. The molecule has 1 aromatic rings. The van der Waals surface area contributed by atoms with E-state index in [-0.39, 0.29) is 12.5 Å². The third-order valence-corrected chi connectivity index (χ3v) is 6.67. The second-order valence-electron chi connectivity index (χ2n) is 9.36. The third-order valence-electron chi connectivity index (χ3n) is 6.67. The SMILES string of the molecule is CCCCCCCCCC(=O)N[C@@H](CN[C@@H]1C=C(CC)C(O)[C@H](O)C1O)[C@H](O)c1ccccc1. The van der Waals surface area contributed by atoms with E-state index in [2.05, 4.69) is 17.6 Å². The maximum atomic E-state index is 12.6. The van der Waals surface area contributed by atoms with Crippen LogP contribution >= 0.6 is 0 Å². The second kappa shape index (κ2) is 15.3. The summed E-state index contributed by atoms with van der Waals surface area (Å²) >= 11 is 0. The first kappa shape index (κ1) is 28.5. The van der Waals surface area contributed by atoms with Crippen LogP contribution in [0, 0.1) is 0 Å². The van der Waals surface area contributed by atoms with Crippen LogP contribution in [0.25, 0.3) is 0 Å². The van der Waals surface area contributed by atoms with Crippen LogP contribution < -0.4 is 10.6 Å². The van der Waals surface area contributed by atoms with E-state index in [0.29, 0.717) is 24.0 Å². The molecule has 0 heterocycles. The minimum Gasteiger partial charge on any atom is -0.388 e. The van der Waals surface area contributed by atoms with Crippen LogP contribution in [0.4, 0.5) is 0 Å². The molecule has 0 aromatic heterocycles. The number of hydrogen-bond acceptors (Lipinski definition) is 6. The smallest absolute Gasteiger partial charge is 0.220 e. The zero-order chi connectivity index (χ0) is 24.9. The van der Waals surface area contributed by atoms with Crippen molar-refractivity contribution in [2.24, 2.45) is 0 Å². The Morgan fingerprint density at radius 1 is 0.941 bits per heavy atom. The average molecular weight is 477 g/mol. The number of unbranched alkanes of at least 4 members (excludes halogenated alkanes) is 6. The Hall–Kier alpha value is -1.77. The number of aliphatic hydroxyl groups is 4. The van der Waals surface area contributed by atoms with Gasteiger partial charge in [-0.25, -0.2) is 0 Å². The molecule has 0 spiro atoms. The van der Waals surface area contributed by atoms with E-state index in [1.165, 1.54) is 25.7 Å². The summed E-state index contributed by atoms with van der Waals surface area (Å²) in [6, 6.07) is 7.94. The van der Waals surface area contributed by atoms with Crippen molar-refractivity contribution in [1.82, 2.24) is 10.6 Å². The highest BCUT2D eigenvalue weighted by molar-refractivity contribution is 5.76. The number of benzene rings is 1. The predicted octanol–water partition coefficient (Wildman–Crippen LogP) is 2.74. The molecule has 0 radical (unpaired) electrons. The lowest BCUT2D eigenvalue weighted by Crippen LogP contribution is -2.56. The first-order chi connectivity index (χ1) is 16.4. The molecule has 1 aliphatic rings. The Labute approximate surface area is 204 Å². The standard InChI is InChI=1S/C27H44N2O5/c1-3-5-6-7-8-9-13-16-23(30)29-22(24(31)20-14-11-10-12-15-20)18-28-21-17-19(4-2)25(32)27(34)26(21)33/h10-12,14-15,17,21-22,24-28,31-34H,3-9,13,16,18H2,1-2H3,(H,29,30)/t21-,22+,24-,25?,26?,27+/m1/s1. The minimum atomic E-state index is -1.29. The number of aliphatic hydroxyl groups excluding tert-OH is 4. The van der Waals surface area contributed by atoms with Crippen molar-refractivity contribution < 1.29 is 25.2 Å². The van der Waals surface area contributed by atoms with Crippen molar-refractivity contribution >= 4 is 5.91 Å². The Bertz CT molecular complexity index is 742. The van der Waals surface area contributed by atoms with Gasteiger partial charge >= 0.3 is 0 Å². The first-order valence-corrected chi connectivity index (χ1v) is 12.9. The molecular formula is C27H44N2O5. The molecule has 1 amide bonds. The van der Waals surface area contributed by atoms with Crippen molar-refractivity contribution in [1.29, 1.82) is 0 Å². The summed E-state index contributed by atoms with van der Waals surface area (Å²) in [5, 5.41) is 47.9. The summed E-state index contributed by atoms with van der Waals surface area (Å²) in [6.07, 6.45) is 6.05. The van der Waals surface area contributed by atoms with Gasteiger partial charge in [-0.2, -0.15) is 0 Å². The number of nitrogens with one attached hydrogen (secondary N) is 2. The maximum absolute atomic E-state index is 12.6. The fraction of sp³-hybridized carbons (Fsp3) is 0.667. The zero-order valence-corrected chi connectivity index (χ0v) is 20.7. The van der Waals surface area contributed by atoms with Gasteiger partial charge in [0.15, 0.2) is 0 Å². The van der Waals surface area contributed by atoms with Crippen molar-refractivity contribution in [2.75, 3.05) is 6.54 Å². The predicted molar refractivity (Wildman–Crippen MR) is 134 cm³/mol. The molecule has 2 unspecified atom stereocenters. The second-order valence-corrected chi connectivity index (χ2v) is 9.36. The number of carbonyl (C=O) groups excluding carboxylic acids is 1. The summed E-state index contributed by atoms with van der Waals surface area (Å²) in [4.78, 5) is 12.6. The lowest BCUT2D eigenvalue weighted by atomic mass is 9.86. The van der Waals surface area contributed by atoms with E-state index in [1.807, 2.05) is 37.3 Å². The van der Waals surface area contributed by atoms with Gasteiger partial charge in [0.05, 0.1) is 12.1 Å². The minimum absolute atomic E-state index is 0.111. The van der Waals surface area contributed by atoms with Crippen LogP contribution in [0.1, 0.15) is 83.3 Å². The average Bonchev–Trinajstić information content (AvgIpc) is 2.85. The summed E-state index contributed by atoms with van der Waals surface area (Å²) in [5.74, 6) is -0.111. The Morgan fingerprint density at radius 3 is 2.24 bits per heavy atom. The largest absolute Gasteiger partial charge is 0.388 e. The van der Waals surface area contributed by atoms with Gasteiger partial charge in [0.1, 0.15) is 24.4 Å². The fourth-order valence-corrected chi connectivity index (χ4v) is 4.46. The van der Waals surface area contributed by atoms with Crippen molar-refractivity contribution in [3.63, 3.8) is 0 Å². The first-order valence-electron chi connectivity index (χ1n) is 12.9. The quantitative estimate of drug-likeness (QED) is 0.171. The number of amides is 1. The lowest BCUT2D eigenvalue weighted by Gasteiger charge is -2.36. The molecule has 0 saturated heterocycles. The molecule has 6 N–H and O–H groups in total. The van der Waals surface area contributed by atoms with E-state index < -0.39 is 36.5 Å². The highest BCUT2D eigenvalue weighted by atomic mass is 16.4. The number of carbonyl (C=O) groups is 1. The van der Waals surface area contributed by atoms with Crippen molar-refractivity contribution in [3.05, 3.63) is 47.5 Å². The fourth-order valence-electron chi connectivity index (χ4n) is 4.46. The van der Waals surface area contributed by atoms with E-state index in [4.69, 9.17) is 0 Å². The molecule has 34 heavy (non-hydrogen) atoms. The van der Waals surface area contributed by atoms with E-state index in [9.17, 15) is 25.2 Å². The van der Waals surface area contributed by atoms with Gasteiger partial charge in [-0.3, -0.25) is 4.79 Å². The van der Waals surface area contributed by atoms with Crippen LogP contribution in [-0.4, -0.2) is 63.3 Å². The van der Waals surface area contributed by atoms with E-state index >= 15 is 0 Å². The normalized spacial score (nSPS) is 24.4. The van der Waals surface area contributed by atoms with E-state index in [1.54, 1.807) is 6.08 Å². The zero-order valence-electron chi connectivity index (χ0n) is 20.7. The van der Waals surface area contributed by atoms with Gasteiger partial charge in [-0.15, -0.1) is 0 Å². The van der Waals surface area contributed by atoms with Crippen molar-refractivity contribution in [3.8, 4) is 0 Å². The van der Waals surface area contributed by atoms with E-state index in [0.717, 1.165) is 19.3 Å². The molecular weight excluding hydrogens is 432 g/mol. The van der Waals surface area contributed by atoms with Crippen LogP contribution in [0.2, 0.25) is 0 Å². The molecule has 192 valence electrons. The van der Waals surface area contributed by atoms with Gasteiger partial charge in [-0.1, -0.05) is 88.8 Å². The summed E-state index contributed by atoms with van der Waals surface area (Å²) in [5.41, 5.74) is 1.34. The molecule has 2 rings (SSSR count). The van der Waals surface area contributed by atoms with Gasteiger partial charge in [0.25, 0.3) is 0 Å². The molecule has 7 nitrogen and oxygen atoms in total. The monoisotopic (exact) mass is 476 g/mol. The van der Waals surface area contributed by atoms with Crippen LogP contribution in [0.5, 0.6) is 0 Å². The highest BCUT2D eigenvalue weighted by Crippen LogP contribution is 2.23. The Kier molecular flexibility index (Phi) is 12.8. The Balaban J connectivity index is 1.97. The molecule has 1 aliphatic carbocycles. The van der Waals surface area contributed by atoms with Gasteiger partial charge in [0, 0.05) is 13.0 Å². The number of rotatable bonds is 15. The van der Waals surface area contributed by atoms with Crippen LogP contribution in [0.3, 0.4) is 0 Å². The third kappa shape index (κ3) is 8.78. The molecule has 0 aliphatic heterocycles.